The van der Waals surface area contributed by atoms with Gasteiger partial charge in [0, 0.05) is 64.6 Å². The molecule has 1 aromatic rings. The van der Waals surface area contributed by atoms with E-state index in [0.717, 1.165) is 57.8 Å². The van der Waals surface area contributed by atoms with Gasteiger partial charge < -0.3 is 19.9 Å². The van der Waals surface area contributed by atoms with Crippen molar-refractivity contribution in [2.24, 2.45) is 10.9 Å². The van der Waals surface area contributed by atoms with Gasteiger partial charge >= 0.3 is 0 Å². The Balaban J connectivity index is 1.26. The second kappa shape index (κ2) is 9.81. The number of nitrogens with one attached hydrogen (secondary N) is 1. The van der Waals surface area contributed by atoms with Crippen LogP contribution in [0.25, 0.3) is 0 Å². The maximum Gasteiger partial charge on any atom is 0.193 e. The lowest BCUT2D eigenvalue weighted by atomic mass is 9.99. The molecule has 1 aromatic carbocycles. The number of guanidine groups is 1. The Morgan fingerprint density at radius 3 is 2.45 bits per heavy atom. The van der Waals surface area contributed by atoms with Crippen molar-refractivity contribution >= 4 is 11.6 Å². The highest BCUT2D eigenvalue weighted by molar-refractivity contribution is 5.80. The first-order valence-corrected chi connectivity index (χ1v) is 11.3. The van der Waals surface area contributed by atoms with Gasteiger partial charge in [-0.1, -0.05) is 19.1 Å². The molecule has 1 atom stereocenters. The third-order valence-corrected chi connectivity index (χ3v) is 6.77. The van der Waals surface area contributed by atoms with Gasteiger partial charge in [-0.05, 0) is 42.9 Å². The summed E-state index contributed by atoms with van der Waals surface area (Å²) in [6.07, 6.45) is 3.83. The van der Waals surface area contributed by atoms with Crippen LogP contribution in [0.4, 0.5) is 5.69 Å². The normalized spacial score (nSPS) is 24.9. The average molecular weight is 400 g/mol. The third kappa shape index (κ3) is 5.23. The molecule has 3 heterocycles. The van der Waals surface area contributed by atoms with Crippen molar-refractivity contribution < 1.29 is 4.74 Å². The highest BCUT2D eigenvalue weighted by Crippen LogP contribution is 2.23. The van der Waals surface area contributed by atoms with Crippen LogP contribution in [0.2, 0.25) is 0 Å². The van der Waals surface area contributed by atoms with Crippen LogP contribution in [0.1, 0.15) is 31.7 Å². The number of likely N-dealkylation sites (tertiary alicyclic amines) is 1. The maximum atomic E-state index is 5.50. The zero-order valence-electron chi connectivity index (χ0n) is 18.1. The minimum atomic E-state index is 0.629. The number of ether oxygens (including phenoxy) is 1. The van der Waals surface area contributed by atoms with Crippen LogP contribution in [0.15, 0.2) is 29.3 Å². The van der Waals surface area contributed by atoms with Crippen LogP contribution >= 0.6 is 0 Å². The van der Waals surface area contributed by atoms with Gasteiger partial charge in [0.25, 0.3) is 0 Å². The molecule has 3 aliphatic rings. The fourth-order valence-corrected chi connectivity index (χ4v) is 4.78. The molecule has 4 rings (SSSR count). The molecular formula is C23H37N5O. The molecule has 3 saturated heterocycles. The summed E-state index contributed by atoms with van der Waals surface area (Å²) in [5, 5.41) is 3.58. The molecule has 0 amide bonds. The molecule has 0 saturated carbocycles. The van der Waals surface area contributed by atoms with Gasteiger partial charge in [0.15, 0.2) is 5.96 Å². The number of morpholine rings is 1. The fourth-order valence-electron chi connectivity index (χ4n) is 4.78. The number of rotatable bonds is 4. The van der Waals surface area contributed by atoms with Crippen molar-refractivity contribution in [2.45, 2.75) is 38.8 Å². The van der Waals surface area contributed by atoms with Crippen LogP contribution in [-0.4, -0.2) is 81.3 Å². The molecule has 0 aromatic heterocycles. The topological polar surface area (TPSA) is 43.3 Å². The van der Waals surface area contributed by atoms with Crippen molar-refractivity contribution in [1.29, 1.82) is 0 Å². The second-order valence-electron chi connectivity index (χ2n) is 8.77. The van der Waals surface area contributed by atoms with Crippen molar-refractivity contribution in [2.75, 3.05) is 64.4 Å². The van der Waals surface area contributed by atoms with Gasteiger partial charge in [-0.3, -0.25) is 9.89 Å². The van der Waals surface area contributed by atoms with E-state index in [0.29, 0.717) is 6.04 Å². The molecule has 160 valence electrons. The summed E-state index contributed by atoms with van der Waals surface area (Å²) in [6, 6.07) is 9.70. The van der Waals surface area contributed by atoms with E-state index >= 15 is 0 Å². The molecule has 0 aliphatic carbocycles. The highest BCUT2D eigenvalue weighted by Gasteiger charge is 2.30. The standard InChI is InChI=1S/C23H37N5O/c1-19-7-10-26(11-8-19)21-5-3-20(4-6-21)17-25-23(24-2)28-12-9-22(18-28)27-13-15-29-16-14-27/h3-6,19,22H,7-18H2,1-2H3,(H,24,25). The summed E-state index contributed by atoms with van der Waals surface area (Å²) < 4.78 is 5.50. The Morgan fingerprint density at radius 1 is 1.03 bits per heavy atom. The van der Waals surface area contributed by atoms with E-state index < -0.39 is 0 Å². The van der Waals surface area contributed by atoms with Crippen molar-refractivity contribution in [1.82, 2.24) is 15.1 Å². The van der Waals surface area contributed by atoms with Crippen molar-refractivity contribution in [3.63, 3.8) is 0 Å². The smallest absolute Gasteiger partial charge is 0.193 e. The Hall–Kier alpha value is -1.79. The summed E-state index contributed by atoms with van der Waals surface area (Å²) >= 11 is 0. The number of anilines is 1. The summed E-state index contributed by atoms with van der Waals surface area (Å²) in [5.74, 6) is 1.89. The van der Waals surface area contributed by atoms with Gasteiger partial charge in [-0.2, -0.15) is 0 Å². The van der Waals surface area contributed by atoms with E-state index in [-0.39, 0.29) is 0 Å². The van der Waals surface area contributed by atoms with Crippen molar-refractivity contribution in [3.05, 3.63) is 29.8 Å². The van der Waals surface area contributed by atoms with Crippen molar-refractivity contribution in [3.8, 4) is 0 Å². The molecule has 1 N–H and O–H groups in total. The highest BCUT2D eigenvalue weighted by atomic mass is 16.5. The summed E-state index contributed by atoms with van der Waals surface area (Å²) in [4.78, 5) is 12.0. The molecule has 6 nitrogen and oxygen atoms in total. The molecule has 29 heavy (non-hydrogen) atoms. The number of aliphatic imine (C=N–C) groups is 1. The molecule has 6 heteroatoms. The largest absolute Gasteiger partial charge is 0.379 e. The average Bonchev–Trinajstić information content (AvgIpc) is 3.26. The second-order valence-corrected chi connectivity index (χ2v) is 8.77. The Morgan fingerprint density at radius 2 is 1.76 bits per heavy atom. The van der Waals surface area contributed by atoms with Gasteiger partial charge in [0.2, 0.25) is 0 Å². The predicted octanol–water partition coefficient (Wildman–Crippen LogP) is 2.40. The zero-order chi connectivity index (χ0) is 20.1. The number of piperidine rings is 1. The van der Waals surface area contributed by atoms with Crippen LogP contribution in [-0.2, 0) is 11.3 Å². The summed E-state index contributed by atoms with van der Waals surface area (Å²) in [6.45, 7) is 11.6. The first-order chi connectivity index (χ1) is 14.2. The molecule has 1 unspecified atom stereocenters. The van der Waals surface area contributed by atoms with E-state index in [2.05, 4.69) is 56.2 Å². The summed E-state index contributed by atoms with van der Waals surface area (Å²) in [7, 11) is 1.89. The SMILES string of the molecule is CN=C(NCc1ccc(N2CCC(C)CC2)cc1)N1CCC(N2CCOCC2)C1. The summed E-state index contributed by atoms with van der Waals surface area (Å²) in [5.41, 5.74) is 2.67. The van der Waals surface area contributed by atoms with Crippen LogP contribution < -0.4 is 10.2 Å². The number of benzene rings is 1. The van der Waals surface area contributed by atoms with E-state index in [4.69, 9.17) is 4.74 Å². The van der Waals surface area contributed by atoms with E-state index in [1.165, 1.54) is 43.6 Å². The Kier molecular flexibility index (Phi) is 6.93. The lowest BCUT2D eigenvalue weighted by molar-refractivity contribution is 0.0195. The Bertz CT molecular complexity index is 662. The van der Waals surface area contributed by atoms with Crippen LogP contribution in [0.3, 0.4) is 0 Å². The minimum absolute atomic E-state index is 0.629. The quantitative estimate of drug-likeness (QED) is 0.622. The first-order valence-electron chi connectivity index (χ1n) is 11.3. The van der Waals surface area contributed by atoms with Gasteiger partial charge in [0.05, 0.1) is 13.2 Å². The number of hydrogen-bond donors (Lipinski definition) is 1. The third-order valence-electron chi connectivity index (χ3n) is 6.77. The lowest BCUT2D eigenvalue weighted by Crippen LogP contribution is -2.46. The number of hydrogen-bond acceptors (Lipinski definition) is 4. The van der Waals surface area contributed by atoms with Gasteiger partial charge in [0.1, 0.15) is 0 Å². The molecule has 3 fully saturated rings. The van der Waals surface area contributed by atoms with Crippen LogP contribution in [0.5, 0.6) is 0 Å². The molecule has 0 spiro atoms. The predicted molar refractivity (Wildman–Crippen MR) is 120 cm³/mol. The lowest BCUT2D eigenvalue weighted by Gasteiger charge is -2.32. The Labute approximate surface area is 175 Å². The fraction of sp³-hybridized carbons (Fsp3) is 0.696. The molecule has 0 radical (unpaired) electrons. The molecule has 0 bridgehead atoms. The zero-order valence-corrected chi connectivity index (χ0v) is 18.1. The van der Waals surface area contributed by atoms with E-state index in [1.54, 1.807) is 0 Å². The van der Waals surface area contributed by atoms with E-state index in [1.807, 2.05) is 7.05 Å². The molecular weight excluding hydrogens is 362 g/mol. The monoisotopic (exact) mass is 399 g/mol. The van der Waals surface area contributed by atoms with Gasteiger partial charge in [-0.25, -0.2) is 0 Å². The first kappa shape index (κ1) is 20.5. The molecule has 3 aliphatic heterocycles. The van der Waals surface area contributed by atoms with Gasteiger partial charge in [-0.15, -0.1) is 0 Å². The van der Waals surface area contributed by atoms with E-state index in [9.17, 15) is 0 Å². The minimum Gasteiger partial charge on any atom is -0.379 e. The number of nitrogens with zero attached hydrogens (tertiary/aromatic N) is 4. The maximum absolute atomic E-state index is 5.50. The van der Waals surface area contributed by atoms with Crippen LogP contribution in [0, 0.1) is 5.92 Å².